The Morgan fingerprint density at radius 1 is 1.29 bits per heavy atom. The van der Waals surface area contributed by atoms with Crippen LogP contribution in [0.4, 0.5) is 0 Å². The van der Waals surface area contributed by atoms with Crippen molar-refractivity contribution in [3.63, 3.8) is 0 Å². The van der Waals surface area contributed by atoms with Crippen LogP contribution in [0.15, 0.2) is 41.3 Å². The molecule has 6 nitrogen and oxygen atoms in total. The van der Waals surface area contributed by atoms with Gasteiger partial charge in [-0.3, -0.25) is 9.59 Å². The van der Waals surface area contributed by atoms with E-state index in [0.29, 0.717) is 25.3 Å². The van der Waals surface area contributed by atoms with Gasteiger partial charge in [0.1, 0.15) is 11.5 Å². The van der Waals surface area contributed by atoms with Gasteiger partial charge in [0.15, 0.2) is 0 Å². The van der Waals surface area contributed by atoms with E-state index in [4.69, 9.17) is 21.1 Å². The van der Waals surface area contributed by atoms with Gasteiger partial charge in [0, 0.05) is 30.7 Å². The Morgan fingerprint density at radius 2 is 2.07 bits per heavy atom. The standard InChI is InChI=1S/C20H20ClNO5S/c1-26-9-4-8-22-17(15-5-3-10-28-15)16(19(24)20(22)25)18(23)13-11-12(27-2)6-7-14(13)21/h3,5-7,10-11,17,23H,4,8-9H2,1-2H3/b18-16-. The number of rotatable bonds is 7. The van der Waals surface area contributed by atoms with Gasteiger partial charge in [-0.05, 0) is 36.1 Å². The number of hydrogen-bond acceptors (Lipinski definition) is 6. The number of thiophene rings is 1. The lowest BCUT2D eigenvalue weighted by atomic mass is 9.99. The van der Waals surface area contributed by atoms with Crippen LogP contribution >= 0.6 is 22.9 Å². The molecule has 1 aromatic heterocycles. The van der Waals surface area contributed by atoms with Crippen molar-refractivity contribution in [2.45, 2.75) is 12.5 Å². The van der Waals surface area contributed by atoms with Crippen LogP contribution in [0.5, 0.6) is 5.75 Å². The summed E-state index contributed by atoms with van der Waals surface area (Å²) >= 11 is 7.66. The van der Waals surface area contributed by atoms with Crippen LogP contribution in [0.2, 0.25) is 5.02 Å². The molecule has 0 spiro atoms. The minimum absolute atomic E-state index is 0.0278. The molecule has 1 amide bonds. The van der Waals surface area contributed by atoms with E-state index in [0.717, 1.165) is 4.88 Å². The first kappa shape index (κ1) is 20.4. The average molecular weight is 422 g/mol. The maximum atomic E-state index is 12.8. The number of nitrogens with zero attached hydrogens (tertiary/aromatic N) is 1. The number of ketones is 1. The second-order valence-corrected chi connectivity index (χ2v) is 7.59. The second-order valence-electron chi connectivity index (χ2n) is 6.20. The fourth-order valence-electron chi connectivity index (χ4n) is 3.19. The highest BCUT2D eigenvalue weighted by molar-refractivity contribution is 7.10. The van der Waals surface area contributed by atoms with Gasteiger partial charge in [0.2, 0.25) is 0 Å². The Kier molecular flexibility index (Phi) is 6.39. The monoisotopic (exact) mass is 421 g/mol. The van der Waals surface area contributed by atoms with Crippen molar-refractivity contribution >= 4 is 40.4 Å². The molecule has 3 rings (SSSR count). The van der Waals surface area contributed by atoms with E-state index in [1.807, 2.05) is 17.5 Å². The summed E-state index contributed by atoms with van der Waals surface area (Å²) < 4.78 is 10.3. The Hall–Kier alpha value is -2.35. The number of aliphatic hydroxyl groups is 1. The summed E-state index contributed by atoms with van der Waals surface area (Å²) in [6.45, 7) is 0.797. The van der Waals surface area contributed by atoms with E-state index in [1.165, 1.54) is 23.3 Å². The van der Waals surface area contributed by atoms with Crippen molar-refractivity contribution in [3.8, 4) is 5.75 Å². The molecule has 1 N–H and O–H groups in total. The maximum absolute atomic E-state index is 12.8. The summed E-state index contributed by atoms with van der Waals surface area (Å²) in [6.07, 6.45) is 0.575. The molecule has 1 aliphatic heterocycles. The SMILES string of the molecule is COCCCN1C(=O)C(=O)/C(=C(\O)c2cc(OC)ccc2Cl)C1c1cccs1. The van der Waals surface area contributed by atoms with Gasteiger partial charge in [-0.15, -0.1) is 11.3 Å². The number of methoxy groups -OCH3 is 2. The minimum Gasteiger partial charge on any atom is -0.507 e. The first-order chi connectivity index (χ1) is 13.5. The third kappa shape index (κ3) is 3.78. The summed E-state index contributed by atoms with van der Waals surface area (Å²) in [7, 11) is 3.07. The van der Waals surface area contributed by atoms with Crippen molar-refractivity contribution in [1.82, 2.24) is 4.90 Å². The van der Waals surface area contributed by atoms with Crippen molar-refractivity contribution in [2.24, 2.45) is 0 Å². The number of Topliss-reactive ketones (excluding diaryl/α,β-unsaturated/α-hetero) is 1. The van der Waals surface area contributed by atoms with Gasteiger partial charge < -0.3 is 19.5 Å². The van der Waals surface area contributed by atoms with E-state index in [-0.39, 0.29) is 21.9 Å². The third-order valence-corrected chi connectivity index (χ3v) is 5.78. The summed E-state index contributed by atoms with van der Waals surface area (Å²) in [5.41, 5.74) is 0.275. The van der Waals surface area contributed by atoms with Gasteiger partial charge in [0.25, 0.3) is 11.7 Å². The van der Waals surface area contributed by atoms with Crippen molar-refractivity contribution < 1.29 is 24.2 Å². The molecule has 28 heavy (non-hydrogen) atoms. The van der Waals surface area contributed by atoms with Crippen LogP contribution in [0.1, 0.15) is 22.9 Å². The van der Waals surface area contributed by atoms with Gasteiger partial charge in [-0.2, -0.15) is 0 Å². The predicted molar refractivity (Wildman–Crippen MR) is 108 cm³/mol. The lowest BCUT2D eigenvalue weighted by molar-refractivity contribution is -0.140. The smallest absolute Gasteiger partial charge is 0.295 e. The van der Waals surface area contributed by atoms with Crippen LogP contribution in [-0.4, -0.2) is 49.1 Å². The number of benzene rings is 1. The molecular weight excluding hydrogens is 402 g/mol. The fourth-order valence-corrected chi connectivity index (χ4v) is 4.24. The summed E-state index contributed by atoms with van der Waals surface area (Å²) in [6, 6.07) is 7.78. The van der Waals surface area contributed by atoms with E-state index >= 15 is 0 Å². The molecule has 0 saturated carbocycles. The highest BCUT2D eigenvalue weighted by Gasteiger charge is 2.46. The van der Waals surface area contributed by atoms with Crippen molar-refractivity contribution in [3.05, 3.63) is 56.7 Å². The first-order valence-electron chi connectivity index (χ1n) is 8.64. The maximum Gasteiger partial charge on any atom is 0.295 e. The van der Waals surface area contributed by atoms with Gasteiger partial charge >= 0.3 is 0 Å². The zero-order chi connectivity index (χ0) is 20.3. The number of likely N-dealkylation sites (tertiary alicyclic amines) is 1. The Morgan fingerprint density at radius 3 is 2.71 bits per heavy atom. The minimum atomic E-state index is -0.729. The third-order valence-electron chi connectivity index (χ3n) is 4.53. The van der Waals surface area contributed by atoms with E-state index in [1.54, 1.807) is 25.3 Å². The number of carbonyl (C=O) groups is 2. The molecule has 148 valence electrons. The molecule has 1 saturated heterocycles. The Balaban J connectivity index is 2.12. The van der Waals surface area contributed by atoms with Gasteiger partial charge in [-0.1, -0.05) is 17.7 Å². The number of ether oxygens (including phenoxy) is 2. The molecule has 1 aromatic carbocycles. The highest BCUT2D eigenvalue weighted by atomic mass is 35.5. The quantitative estimate of drug-likeness (QED) is 0.318. The second kappa shape index (κ2) is 8.77. The molecule has 8 heteroatoms. The van der Waals surface area contributed by atoms with Crippen LogP contribution in [0, 0.1) is 0 Å². The molecule has 0 aliphatic carbocycles. The average Bonchev–Trinajstić information content (AvgIpc) is 3.30. The molecule has 0 bridgehead atoms. The molecular formula is C20H20ClNO5S. The largest absolute Gasteiger partial charge is 0.507 e. The predicted octanol–water partition coefficient (Wildman–Crippen LogP) is 3.87. The summed E-state index contributed by atoms with van der Waals surface area (Å²) in [4.78, 5) is 27.8. The zero-order valence-corrected chi connectivity index (χ0v) is 17.0. The fraction of sp³-hybridized carbons (Fsp3) is 0.300. The summed E-state index contributed by atoms with van der Waals surface area (Å²) in [5.74, 6) is -1.20. The lowest BCUT2D eigenvalue weighted by Gasteiger charge is -2.24. The molecule has 1 fully saturated rings. The van der Waals surface area contributed by atoms with Crippen LogP contribution < -0.4 is 4.74 Å². The molecule has 0 radical (unpaired) electrons. The molecule has 2 heterocycles. The Labute approximate surface area is 171 Å². The topological polar surface area (TPSA) is 76.1 Å². The molecule has 1 aliphatic rings. The van der Waals surface area contributed by atoms with Crippen LogP contribution in [-0.2, 0) is 14.3 Å². The first-order valence-corrected chi connectivity index (χ1v) is 9.90. The molecule has 1 atom stereocenters. The zero-order valence-electron chi connectivity index (χ0n) is 15.5. The van der Waals surface area contributed by atoms with E-state index < -0.39 is 17.7 Å². The molecule has 1 unspecified atom stereocenters. The molecule has 2 aromatic rings. The number of carbonyl (C=O) groups excluding carboxylic acids is 2. The normalized spacial score (nSPS) is 18.7. The van der Waals surface area contributed by atoms with Gasteiger partial charge in [0.05, 0.1) is 23.7 Å². The van der Waals surface area contributed by atoms with Crippen molar-refractivity contribution in [2.75, 3.05) is 27.4 Å². The Bertz CT molecular complexity index is 909. The number of amides is 1. The number of aliphatic hydroxyl groups excluding tert-OH is 1. The number of halogens is 1. The summed E-state index contributed by atoms with van der Waals surface area (Å²) in [5, 5.41) is 13.1. The van der Waals surface area contributed by atoms with Gasteiger partial charge in [-0.25, -0.2) is 0 Å². The van der Waals surface area contributed by atoms with E-state index in [2.05, 4.69) is 0 Å². The van der Waals surface area contributed by atoms with Crippen LogP contribution in [0.3, 0.4) is 0 Å². The number of hydrogen-bond donors (Lipinski definition) is 1. The van der Waals surface area contributed by atoms with Crippen LogP contribution in [0.25, 0.3) is 5.76 Å². The lowest BCUT2D eigenvalue weighted by Crippen LogP contribution is -2.31. The van der Waals surface area contributed by atoms with Crippen molar-refractivity contribution in [1.29, 1.82) is 0 Å². The van der Waals surface area contributed by atoms with E-state index in [9.17, 15) is 14.7 Å². The highest BCUT2D eigenvalue weighted by Crippen LogP contribution is 2.42.